The van der Waals surface area contributed by atoms with Crippen molar-refractivity contribution in [2.75, 3.05) is 36.0 Å². The monoisotopic (exact) mass is 374 g/mol. The van der Waals surface area contributed by atoms with Crippen LogP contribution in [-0.2, 0) is 0 Å². The van der Waals surface area contributed by atoms with E-state index in [4.69, 9.17) is 0 Å². The average Bonchev–Trinajstić information content (AvgIpc) is 3.34. The van der Waals surface area contributed by atoms with Crippen LogP contribution < -0.4 is 15.1 Å². The predicted molar refractivity (Wildman–Crippen MR) is 103 cm³/mol. The third kappa shape index (κ3) is 3.82. The summed E-state index contributed by atoms with van der Waals surface area (Å²) in [5.41, 5.74) is 1.57. The van der Waals surface area contributed by atoms with Gasteiger partial charge < -0.3 is 15.1 Å². The minimum absolute atomic E-state index is 0.0515. The summed E-state index contributed by atoms with van der Waals surface area (Å²) < 4.78 is 13.1. The lowest BCUT2D eigenvalue weighted by molar-refractivity contribution is 0.0933. The van der Waals surface area contributed by atoms with Crippen LogP contribution in [0.5, 0.6) is 0 Å². The van der Waals surface area contributed by atoms with Crippen molar-refractivity contribution >= 4 is 28.1 Å². The standard InChI is InChI=1S/C19H23FN4OS/c20-14-5-7-16(8-6-14)23-9-11-24(12-10-23)19-22-17(13-26-19)18(25)21-15-3-1-2-4-15/h5-8,13,15H,1-4,9-12H2,(H,21,25). The fourth-order valence-corrected chi connectivity index (χ4v) is 4.51. The van der Waals surface area contributed by atoms with E-state index in [-0.39, 0.29) is 11.7 Å². The molecule has 1 N–H and O–H groups in total. The summed E-state index contributed by atoms with van der Waals surface area (Å²) in [6.07, 6.45) is 4.55. The van der Waals surface area contributed by atoms with E-state index in [1.165, 1.54) is 36.3 Å². The molecule has 4 rings (SSSR count). The van der Waals surface area contributed by atoms with Gasteiger partial charge in [-0.3, -0.25) is 4.79 Å². The molecular weight excluding hydrogens is 351 g/mol. The number of benzene rings is 1. The van der Waals surface area contributed by atoms with E-state index >= 15 is 0 Å². The van der Waals surface area contributed by atoms with E-state index in [0.29, 0.717) is 11.7 Å². The zero-order valence-electron chi connectivity index (χ0n) is 14.7. The Labute approximate surface area is 156 Å². The van der Waals surface area contributed by atoms with E-state index < -0.39 is 0 Å². The second kappa shape index (κ2) is 7.61. The summed E-state index contributed by atoms with van der Waals surface area (Å²) in [4.78, 5) is 21.4. The van der Waals surface area contributed by atoms with Crippen LogP contribution in [0, 0.1) is 5.82 Å². The fourth-order valence-electron chi connectivity index (χ4n) is 3.65. The Bertz CT molecular complexity index is 749. The first-order chi connectivity index (χ1) is 12.7. The van der Waals surface area contributed by atoms with Gasteiger partial charge >= 0.3 is 0 Å². The third-order valence-corrected chi connectivity index (χ3v) is 6.06. The van der Waals surface area contributed by atoms with Crippen molar-refractivity contribution in [3.63, 3.8) is 0 Å². The van der Waals surface area contributed by atoms with Crippen LogP contribution in [0.1, 0.15) is 36.2 Å². The maximum Gasteiger partial charge on any atom is 0.271 e. The van der Waals surface area contributed by atoms with Crippen molar-refractivity contribution in [2.24, 2.45) is 0 Å². The Morgan fingerprint density at radius 1 is 1.08 bits per heavy atom. The van der Waals surface area contributed by atoms with Crippen LogP contribution in [0.15, 0.2) is 29.6 Å². The molecule has 2 aliphatic rings. The minimum Gasteiger partial charge on any atom is -0.368 e. The molecule has 26 heavy (non-hydrogen) atoms. The largest absolute Gasteiger partial charge is 0.368 e. The second-order valence-electron chi connectivity index (χ2n) is 6.92. The maximum atomic E-state index is 13.1. The molecule has 5 nitrogen and oxygen atoms in total. The SMILES string of the molecule is O=C(NC1CCCC1)c1csc(N2CCN(c3ccc(F)cc3)CC2)n1. The molecule has 1 saturated carbocycles. The number of amides is 1. The van der Waals surface area contributed by atoms with E-state index in [0.717, 1.165) is 49.8 Å². The maximum absolute atomic E-state index is 13.1. The number of carbonyl (C=O) groups excluding carboxylic acids is 1. The number of halogens is 1. The Morgan fingerprint density at radius 3 is 2.42 bits per heavy atom. The van der Waals surface area contributed by atoms with Gasteiger partial charge in [0.05, 0.1) is 0 Å². The Hall–Kier alpha value is -2.15. The molecule has 0 unspecified atom stereocenters. The van der Waals surface area contributed by atoms with Crippen molar-refractivity contribution in [3.05, 3.63) is 41.2 Å². The first-order valence-electron chi connectivity index (χ1n) is 9.21. The molecule has 0 radical (unpaired) electrons. The van der Waals surface area contributed by atoms with Crippen LogP contribution in [0.25, 0.3) is 0 Å². The van der Waals surface area contributed by atoms with Gasteiger partial charge in [0.15, 0.2) is 5.13 Å². The van der Waals surface area contributed by atoms with Gasteiger partial charge in [-0.15, -0.1) is 11.3 Å². The van der Waals surface area contributed by atoms with E-state index in [2.05, 4.69) is 20.1 Å². The van der Waals surface area contributed by atoms with Crippen molar-refractivity contribution in [1.29, 1.82) is 0 Å². The highest BCUT2D eigenvalue weighted by molar-refractivity contribution is 7.13. The predicted octanol–water partition coefficient (Wildman–Crippen LogP) is 3.28. The number of carbonyl (C=O) groups is 1. The van der Waals surface area contributed by atoms with E-state index in [1.54, 1.807) is 0 Å². The molecule has 1 aliphatic heterocycles. The molecule has 1 aromatic heterocycles. The summed E-state index contributed by atoms with van der Waals surface area (Å²) in [6.45, 7) is 3.40. The smallest absolute Gasteiger partial charge is 0.271 e. The molecule has 7 heteroatoms. The average molecular weight is 374 g/mol. The van der Waals surface area contributed by atoms with Crippen LogP contribution >= 0.6 is 11.3 Å². The zero-order valence-corrected chi connectivity index (χ0v) is 15.5. The summed E-state index contributed by atoms with van der Waals surface area (Å²) in [7, 11) is 0. The number of nitrogens with one attached hydrogen (secondary N) is 1. The van der Waals surface area contributed by atoms with E-state index in [1.807, 2.05) is 17.5 Å². The lowest BCUT2D eigenvalue weighted by atomic mass is 10.2. The molecule has 1 aliphatic carbocycles. The summed E-state index contributed by atoms with van der Waals surface area (Å²) in [5, 5.41) is 5.85. The fraction of sp³-hybridized carbons (Fsp3) is 0.474. The van der Waals surface area contributed by atoms with E-state index in [9.17, 15) is 9.18 Å². The number of anilines is 2. The molecule has 0 atom stereocenters. The highest BCUT2D eigenvalue weighted by Crippen LogP contribution is 2.25. The quantitative estimate of drug-likeness (QED) is 0.892. The lowest BCUT2D eigenvalue weighted by Crippen LogP contribution is -2.46. The van der Waals surface area contributed by atoms with Gasteiger partial charge in [-0.05, 0) is 37.1 Å². The Kier molecular flexibility index (Phi) is 5.06. The number of piperazine rings is 1. The molecule has 0 bridgehead atoms. The number of nitrogens with zero attached hydrogens (tertiary/aromatic N) is 3. The molecular formula is C19H23FN4OS. The van der Waals surface area contributed by atoms with Crippen LogP contribution in [-0.4, -0.2) is 43.1 Å². The Morgan fingerprint density at radius 2 is 1.73 bits per heavy atom. The van der Waals surface area contributed by atoms with Crippen molar-refractivity contribution in [1.82, 2.24) is 10.3 Å². The molecule has 138 valence electrons. The first kappa shape index (κ1) is 17.3. The second-order valence-corrected chi connectivity index (χ2v) is 7.76. The number of aromatic nitrogens is 1. The van der Waals surface area contributed by atoms with Crippen LogP contribution in [0.2, 0.25) is 0 Å². The first-order valence-corrected chi connectivity index (χ1v) is 10.1. The summed E-state index contributed by atoms with van der Waals surface area (Å²) >= 11 is 1.53. The minimum atomic E-state index is -0.210. The third-order valence-electron chi connectivity index (χ3n) is 5.16. The van der Waals surface area contributed by atoms with Gasteiger partial charge in [0.1, 0.15) is 11.5 Å². The summed E-state index contributed by atoms with van der Waals surface area (Å²) in [6, 6.07) is 6.95. The molecule has 1 aromatic carbocycles. The highest BCUT2D eigenvalue weighted by Gasteiger charge is 2.23. The molecule has 1 amide bonds. The van der Waals surface area contributed by atoms with Gasteiger partial charge in [-0.25, -0.2) is 9.37 Å². The van der Waals surface area contributed by atoms with Crippen LogP contribution in [0.4, 0.5) is 15.2 Å². The molecule has 2 heterocycles. The Balaban J connectivity index is 1.33. The lowest BCUT2D eigenvalue weighted by Gasteiger charge is -2.36. The number of rotatable bonds is 4. The van der Waals surface area contributed by atoms with Crippen molar-refractivity contribution in [3.8, 4) is 0 Å². The van der Waals surface area contributed by atoms with Crippen LogP contribution in [0.3, 0.4) is 0 Å². The van der Waals surface area contributed by atoms with Gasteiger partial charge in [-0.2, -0.15) is 0 Å². The number of hydrogen-bond acceptors (Lipinski definition) is 5. The molecule has 0 spiro atoms. The normalized spacial score (nSPS) is 18.3. The molecule has 2 aromatic rings. The van der Waals surface area contributed by atoms with Gasteiger partial charge in [0.2, 0.25) is 0 Å². The number of thiazole rings is 1. The molecule has 1 saturated heterocycles. The van der Waals surface area contributed by atoms with Gasteiger partial charge in [-0.1, -0.05) is 12.8 Å². The zero-order chi connectivity index (χ0) is 17.9. The van der Waals surface area contributed by atoms with Gasteiger partial charge in [0.25, 0.3) is 5.91 Å². The topological polar surface area (TPSA) is 48.5 Å². The van der Waals surface area contributed by atoms with Crippen molar-refractivity contribution < 1.29 is 9.18 Å². The number of hydrogen-bond donors (Lipinski definition) is 1. The summed E-state index contributed by atoms with van der Waals surface area (Å²) in [5.74, 6) is -0.261. The highest BCUT2D eigenvalue weighted by atomic mass is 32.1. The van der Waals surface area contributed by atoms with Gasteiger partial charge in [0, 0.05) is 43.3 Å². The molecule has 2 fully saturated rings. The van der Waals surface area contributed by atoms with Crippen molar-refractivity contribution in [2.45, 2.75) is 31.7 Å².